The van der Waals surface area contributed by atoms with Gasteiger partial charge in [0.2, 0.25) is 0 Å². The van der Waals surface area contributed by atoms with Crippen LogP contribution in [0.25, 0.3) is 0 Å². The zero-order chi connectivity index (χ0) is 10.6. The summed E-state index contributed by atoms with van der Waals surface area (Å²) in [5.41, 5.74) is 1.39. The van der Waals surface area contributed by atoms with Crippen LogP contribution in [-0.4, -0.2) is 37.1 Å². The molecule has 0 aliphatic heterocycles. The van der Waals surface area contributed by atoms with Crippen molar-refractivity contribution in [3.05, 3.63) is 11.6 Å². The predicted molar refractivity (Wildman–Crippen MR) is 62.5 cm³/mol. The van der Waals surface area contributed by atoms with Crippen molar-refractivity contribution in [3.8, 4) is 0 Å². The molecule has 2 nitrogen and oxygen atoms in total. The van der Waals surface area contributed by atoms with Crippen LogP contribution in [0, 0.1) is 0 Å². The first-order chi connectivity index (χ1) is 6.61. The summed E-state index contributed by atoms with van der Waals surface area (Å²) in [6, 6.07) is 1.53. The van der Waals surface area contributed by atoms with Crippen molar-refractivity contribution in [2.75, 3.05) is 20.1 Å². The normalized spacial score (nSPS) is 18.4. The smallest absolute Gasteiger partial charge is 0.0192 e. The summed E-state index contributed by atoms with van der Waals surface area (Å²) in [7, 11) is 2.24. The largest absolute Gasteiger partial charge is 0.312 e. The first kappa shape index (κ1) is 11.7. The maximum atomic E-state index is 3.46. The average molecular weight is 196 g/mol. The third-order valence-corrected chi connectivity index (χ3v) is 2.91. The lowest BCUT2D eigenvalue weighted by atomic mass is 10.3. The van der Waals surface area contributed by atoms with E-state index in [-0.39, 0.29) is 0 Å². The van der Waals surface area contributed by atoms with Crippen LogP contribution in [-0.2, 0) is 0 Å². The van der Waals surface area contributed by atoms with Gasteiger partial charge in [0.25, 0.3) is 0 Å². The molecule has 1 aliphatic rings. The van der Waals surface area contributed by atoms with E-state index in [1.165, 1.54) is 18.4 Å². The highest BCUT2D eigenvalue weighted by molar-refractivity contribution is 4.94. The van der Waals surface area contributed by atoms with Crippen molar-refractivity contribution < 1.29 is 0 Å². The first-order valence-electron chi connectivity index (χ1n) is 5.67. The van der Waals surface area contributed by atoms with Crippen molar-refractivity contribution in [2.45, 2.75) is 45.7 Å². The van der Waals surface area contributed by atoms with Gasteiger partial charge < -0.3 is 5.32 Å². The summed E-state index contributed by atoms with van der Waals surface area (Å²) < 4.78 is 0. The zero-order valence-corrected chi connectivity index (χ0v) is 10.0. The van der Waals surface area contributed by atoms with E-state index in [1.807, 2.05) is 0 Å². The van der Waals surface area contributed by atoms with E-state index in [4.69, 9.17) is 0 Å². The fraction of sp³-hybridized carbons (Fsp3) is 0.833. The summed E-state index contributed by atoms with van der Waals surface area (Å²) in [5.74, 6) is 0. The van der Waals surface area contributed by atoms with Crippen LogP contribution in [0.4, 0.5) is 0 Å². The quantitative estimate of drug-likeness (QED) is 0.516. The summed E-state index contributed by atoms with van der Waals surface area (Å²) in [4.78, 5) is 2.50. The van der Waals surface area contributed by atoms with Gasteiger partial charge in [0.1, 0.15) is 0 Å². The van der Waals surface area contributed by atoms with Crippen molar-refractivity contribution in [2.24, 2.45) is 0 Å². The Kier molecular flexibility index (Phi) is 4.63. The summed E-state index contributed by atoms with van der Waals surface area (Å²) in [6.07, 6.45) is 5.04. The standard InChI is InChI=1S/C12H24N2/c1-10(2)7-8-13-9-11(3)14(4)12-5-6-12/h7,11-13H,5-6,8-9H2,1-4H3. The number of rotatable bonds is 6. The van der Waals surface area contributed by atoms with Crippen LogP contribution in [0.2, 0.25) is 0 Å². The van der Waals surface area contributed by atoms with E-state index in [2.05, 4.69) is 44.1 Å². The van der Waals surface area contributed by atoms with E-state index in [9.17, 15) is 0 Å². The van der Waals surface area contributed by atoms with E-state index < -0.39 is 0 Å². The lowest BCUT2D eigenvalue weighted by Crippen LogP contribution is -2.39. The number of likely N-dealkylation sites (N-methyl/N-ethyl adjacent to an activating group) is 1. The molecule has 1 aliphatic carbocycles. The molecule has 1 rings (SSSR count). The van der Waals surface area contributed by atoms with Crippen molar-refractivity contribution in [1.29, 1.82) is 0 Å². The Balaban J connectivity index is 2.08. The zero-order valence-electron chi connectivity index (χ0n) is 10.0. The SMILES string of the molecule is CC(C)=CCNCC(C)N(C)C1CC1. The molecule has 0 aromatic rings. The van der Waals surface area contributed by atoms with Crippen molar-refractivity contribution in [3.63, 3.8) is 0 Å². The van der Waals surface area contributed by atoms with E-state index in [1.54, 1.807) is 0 Å². The van der Waals surface area contributed by atoms with Crippen LogP contribution >= 0.6 is 0 Å². The molecular weight excluding hydrogens is 172 g/mol. The maximum Gasteiger partial charge on any atom is 0.0192 e. The Morgan fingerprint density at radius 3 is 2.64 bits per heavy atom. The molecule has 0 aromatic heterocycles. The number of hydrogen-bond donors (Lipinski definition) is 1. The minimum atomic E-state index is 0.660. The second-order valence-corrected chi connectivity index (χ2v) is 4.69. The van der Waals surface area contributed by atoms with Gasteiger partial charge in [-0.05, 0) is 40.7 Å². The monoisotopic (exact) mass is 196 g/mol. The minimum absolute atomic E-state index is 0.660. The molecule has 2 heteroatoms. The number of nitrogens with one attached hydrogen (secondary N) is 1. The molecule has 0 radical (unpaired) electrons. The van der Waals surface area contributed by atoms with Crippen LogP contribution in [0.3, 0.4) is 0 Å². The van der Waals surface area contributed by atoms with Gasteiger partial charge >= 0.3 is 0 Å². The Morgan fingerprint density at radius 2 is 2.14 bits per heavy atom. The summed E-state index contributed by atoms with van der Waals surface area (Å²) in [5, 5.41) is 3.46. The first-order valence-corrected chi connectivity index (χ1v) is 5.67. The highest BCUT2D eigenvalue weighted by Gasteiger charge is 2.28. The molecule has 0 spiro atoms. The van der Waals surface area contributed by atoms with Gasteiger partial charge in [-0.3, -0.25) is 4.90 Å². The molecule has 1 fully saturated rings. The number of nitrogens with zero attached hydrogens (tertiary/aromatic N) is 1. The fourth-order valence-electron chi connectivity index (χ4n) is 1.55. The molecule has 0 heterocycles. The maximum absolute atomic E-state index is 3.46. The lowest BCUT2D eigenvalue weighted by Gasteiger charge is -2.24. The molecule has 82 valence electrons. The van der Waals surface area contributed by atoms with Gasteiger partial charge in [0.15, 0.2) is 0 Å². The van der Waals surface area contributed by atoms with E-state index in [0.29, 0.717) is 6.04 Å². The topological polar surface area (TPSA) is 15.3 Å². The van der Waals surface area contributed by atoms with Crippen LogP contribution in [0.5, 0.6) is 0 Å². The van der Waals surface area contributed by atoms with Crippen LogP contribution < -0.4 is 5.32 Å². The highest BCUT2D eigenvalue weighted by atomic mass is 15.2. The summed E-state index contributed by atoms with van der Waals surface area (Å²) in [6.45, 7) is 8.68. The van der Waals surface area contributed by atoms with Crippen molar-refractivity contribution in [1.82, 2.24) is 10.2 Å². The Labute approximate surface area is 88.4 Å². The van der Waals surface area contributed by atoms with Gasteiger partial charge in [-0.2, -0.15) is 0 Å². The molecule has 1 saturated carbocycles. The van der Waals surface area contributed by atoms with Gasteiger partial charge in [-0.15, -0.1) is 0 Å². The van der Waals surface area contributed by atoms with Gasteiger partial charge in [-0.25, -0.2) is 0 Å². The average Bonchev–Trinajstić information content (AvgIpc) is 2.93. The van der Waals surface area contributed by atoms with Crippen LogP contribution in [0.1, 0.15) is 33.6 Å². The third kappa shape index (κ3) is 4.25. The Bertz CT molecular complexity index is 190. The van der Waals surface area contributed by atoms with Gasteiger partial charge in [-0.1, -0.05) is 11.6 Å². The minimum Gasteiger partial charge on any atom is -0.312 e. The second-order valence-electron chi connectivity index (χ2n) is 4.69. The third-order valence-electron chi connectivity index (χ3n) is 2.91. The Morgan fingerprint density at radius 1 is 1.50 bits per heavy atom. The highest BCUT2D eigenvalue weighted by Crippen LogP contribution is 2.26. The second kappa shape index (κ2) is 5.52. The van der Waals surface area contributed by atoms with Crippen LogP contribution in [0.15, 0.2) is 11.6 Å². The van der Waals surface area contributed by atoms with E-state index >= 15 is 0 Å². The fourth-order valence-corrected chi connectivity index (χ4v) is 1.55. The molecule has 0 aromatic carbocycles. The molecule has 0 bridgehead atoms. The molecule has 1 N–H and O–H groups in total. The molecule has 14 heavy (non-hydrogen) atoms. The number of allylic oxidation sites excluding steroid dienone is 1. The molecule has 1 atom stereocenters. The number of hydrogen-bond acceptors (Lipinski definition) is 2. The van der Waals surface area contributed by atoms with Crippen molar-refractivity contribution >= 4 is 0 Å². The molecule has 1 unspecified atom stereocenters. The van der Waals surface area contributed by atoms with Gasteiger partial charge in [0.05, 0.1) is 0 Å². The van der Waals surface area contributed by atoms with Gasteiger partial charge in [0, 0.05) is 25.2 Å². The molecule has 0 amide bonds. The molecule has 0 saturated heterocycles. The Hall–Kier alpha value is -0.340. The lowest BCUT2D eigenvalue weighted by molar-refractivity contribution is 0.243. The molecular formula is C12H24N2. The predicted octanol–water partition coefficient (Wildman–Crippen LogP) is 2.02. The summed E-state index contributed by atoms with van der Waals surface area (Å²) >= 11 is 0. The van der Waals surface area contributed by atoms with E-state index in [0.717, 1.165) is 19.1 Å².